The molecule has 103 heavy (non-hydrogen) atoms. The summed E-state index contributed by atoms with van der Waals surface area (Å²) in [4.78, 5) is 60.1. The molecule has 10 aliphatic carbocycles. The fraction of sp³-hybridized carbons (Fsp3) is 0.721. The van der Waals surface area contributed by atoms with Crippen LogP contribution in [0.5, 0.6) is 0 Å². The van der Waals surface area contributed by atoms with Gasteiger partial charge >= 0.3 is 41.5 Å². The number of Topliss-reactive ketones (excluding diaryl/α,β-unsaturated/α-hetero) is 1. The van der Waals surface area contributed by atoms with Gasteiger partial charge in [0, 0.05) is 120 Å². The van der Waals surface area contributed by atoms with Gasteiger partial charge in [-0.25, -0.2) is 19.4 Å². The smallest absolute Gasteiger partial charge is 0.793 e. The summed E-state index contributed by atoms with van der Waals surface area (Å²) in [7, 11) is 17.0. The summed E-state index contributed by atoms with van der Waals surface area (Å²) in [5, 5.41) is 0. The molecule has 0 aromatic heterocycles. The molecule has 20 aliphatic rings. The molecule has 595 valence electrons. The Balaban J connectivity index is -0.000000193. The van der Waals surface area contributed by atoms with Crippen molar-refractivity contribution in [2.75, 3.05) is 42.3 Å². The van der Waals surface area contributed by atoms with Gasteiger partial charge in [0.05, 0.1) is 0 Å². The van der Waals surface area contributed by atoms with Crippen molar-refractivity contribution >= 4 is 31.7 Å². The standard InChI is InChI=1S/3C9H17N.C7H14N2.C7H11NO.5C5H6.C4H6O4.C2H3BO2.6C2H6.CH5N.CH4.Na.Pd/c3*1-3-7-4-8-6-9(5-7)10(8)2;1-9-6-2-5(8)3-7(9)4-6;1-8-5-2-6(8)4-7(9)3-5;5*1-2-4-5-3-1;1-3(5)7-8-4(2)6;1-2(4)5-3;7*1-2;;;/h3*7-9H,3-6H2,1-2H3;5-7H,2-4,8H2,1H3;5-6H,2-4H2,1H3;5*1-4H,5H2;1-2H3;1H3;6*1-2H3;2H2,1H3;1H4;;/q;;;;;;;;;;;-1;;;;;;;;;+1;. The topological polar surface area (TPSA) is 164 Å². The Morgan fingerprint density at radius 3 is 0.641 bits per heavy atom. The van der Waals surface area contributed by atoms with Gasteiger partial charge in [0.1, 0.15) is 5.78 Å². The predicted octanol–water partition coefficient (Wildman–Crippen LogP) is 16.8. The number of carbonyl (C=O) groups excluding carboxylic acids is 4. The van der Waals surface area contributed by atoms with Gasteiger partial charge in [-0.1, -0.05) is 252 Å². The summed E-state index contributed by atoms with van der Waals surface area (Å²) in [6.45, 7) is 34.5. The zero-order valence-corrected chi connectivity index (χ0v) is 73.6. The molecule has 10 unspecified atom stereocenters. The maximum atomic E-state index is 10.8. The molecule has 3 radical (unpaired) electrons. The molecule has 0 aromatic rings. The molecule has 10 heterocycles. The zero-order chi connectivity index (χ0) is 76.8. The fourth-order valence-corrected chi connectivity index (χ4v) is 13.7. The third-order valence-corrected chi connectivity index (χ3v) is 19.6. The van der Waals surface area contributed by atoms with Crippen molar-refractivity contribution in [1.29, 1.82) is 0 Å². The van der Waals surface area contributed by atoms with Crippen molar-refractivity contribution in [3.8, 4) is 0 Å². The van der Waals surface area contributed by atoms with E-state index in [1.54, 1.807) is 0 Å². The molecule has 10 saturated heterocycles. The molecule has 15 fully saturated rings. The van der Waals surface area contributed by atoms with Crippen LogP contribution in [0, 0.1) is 17.8 Å². The minimum atomic E-state index is -0.639. The maximum Gasteiger partial charge on any atom is 1.00 e. The molecule has 4 N–H and O–H groups in total. The second-order valence-electron chi connectivity index (χ2n) is 25.7. The number of nitrogens with two attached hydrogens (primary N) is 2. The van der Waals surface area contributed by atoms with E-state index < -0.39 is 17.9 Å². The maximum absolute atomic E-state index is 10.8. The van der Waals surface area contributed by atoms with Crippen LogP contribution in [0.2, 0.25) is 0 Å². The quantitative estimate of drug-likeness (QED) is 0.156. The Morgan fingerprint density at radius 2 is 0.534 bits per heavy atom. The average molecular weight is 1540 g/mol. The molecule has 14 nitrogen and oxygen atoms in total. The fourth-order valence-electron chi connectivity index (χ4n) is 13.7. The van der Waals surface area contributed by atoms with E-state index in [4.69, 9.17) is 5.73 Å². The second-order valence-corrected chi connectivity index (χ2v) is 25.7. The second kappa shape index (κ2) is 75.7. The number of nitrogens with zero attached hydrogens (tertiary/aromatic N) is 5. The van der Waals surface area contributed by atoms with E-state index in [0.717, 1.165) is 125 Å². The van der Waals surface area contributed by atoms with Crippen LogP contribution in [0.4, 0.5) is 0 Å². The summed E-state index contributed by atoms with van der Waals surface area (Å²) in [5.74, 6) is 1.89. The summed E-state index contributed by atoms with van der Waals surface area (Å²) < 4.78 is 3.61. The molecule has 17 heteroatoms. The van der Waals surface area contributed by atoms with Crippen LogP contribution in [-0.2, 0) is 54.0 Å². The van der Waals surface area contributed by atoms with Gasteiger partial charge in [0.15, 0.2) is 0 Å². The van der Waals surface area contributed by atoms with Crippen molar-refractivity contribution in [2.24, 2.45) is 29.2 Å². The van der Waals surface area contributed by atoms with Crippen LogP contribution in [0.25, 0.3) is 0 Å². The Bertz CT molecular complexity index is 2000. The Morgan fingerprint density at radius 1 is 0.369 bits per heavy atom. The third kappa shape index (κ3) is 51.1. The molecule has 10 bridgehead atoms. The van der Waals surface area contributed by atoms with E-state index in [1.807, 2.05) is 83.1 Å². The number of ketones is 1. The Hall–Kier alpha value is -3.07. The van der Waals surface area contributed by atoms with Crippen LogP contribution < -0.4 is 41.0 Å². The molecule has 0 spiro atoms. The molecule has 0 aromatic carbocycles. The first-order valence-corrected chi connectivity index (χ1v) is 39.6. The minimum Gasteiger partial charge on any atom is -0.793 e. The van der Waals surface area contributed by atoms with E-state index in [2.05, 4.69) is 230 Å². The van der Waals surface area contributed by atoms with Crippen molar-refractivity contribution in [3.63, 3.8) is 0 Å². The van der Waals surface area contributed by atoms with Gasteiger partial charge < -0.3 is 43.8 Å². The van der Waals surface area contributed by atoms with Crippen LogP contribution in [0.1, 0.15) is 280 Å². The normalized spacial score (nSPS) is 27.4. The number of rotatable bonds is 3. The van der Waals surface area contributed by atoms with Crippen LogP contribution in [0.15, 0.2) is 122 Å². The van der Waals surface area contributed by atoms with Gasteiger partial charge in [0.25, 0.3) is 0 Å². The molecule has 20 rings (SSSR count). The summed E-state index contributed by atoms with van der Waals surface area (Å²) in [5.41, 5.74) is 10.3. The van der Waals surface area contributed by atoms with E-state index in [1.165, 1.54) is 117 Å². The molecular formula is C86H160BN7NaO7Pd. The SMILES string of the molecule is C.C1=CCC=C1.C1=CCC=C1.C1=CCC=C1.C1=CCC=C1.C1=CCC=C1.CC.CC.CC.CC.CC.CC.CC(=O)OOC(C)=O.CCC1CC2CC(C1)N2C.CCC1CC2CC(C1)N2C.CCC1CC2CC(C1)N2C.CN.CN1C2CC(=O)CC1C2.CN1C2CC(N)CC1C2.[B-]OC(C)=O.[Na+].[Pd]. The van der Waals surface area contributed by atoms with Gasteiger partial charge in [-0.15, -0.1) is 0 Å². The Labute approximate surface area is 674 Å². The summed E-state index contributed by atoms with van der Waals surface area (Å²) in [6.07, 6.45) is 71.8. The van der Waals surface area contributed by atoms with Gasteiger partial charge in [0.2, 0.25) is 5.97 Å². The molecular weight excluding hydrogens is 1380 g/mol. The van der Waals surface area contributed by atoms with Gasteiger partial charge in [-0.2, -0.15) is 0 Å². The number of carbonyl (C=O) groups is 4. The molecule has 5 saturated carbocycles. The molecule has 10 atom stereocenters. The predicted molar refractivity (Wildman–Crippen MR) is 441 cm³/mol. The largest absolute Gasteiger partial charge is 1.00 e. The zero-order valence-electron chi connectivity index (χ0n) is 70.0. The number of piperidine rings is 5. The molecule has 0 amide bonds. The van der Waals surface area contributed by atoms with E-state index in [9.17, 15) is 19.2 Å². The summed E-state index contributed by atoms with van der Waals surface area (Å²) >= 11 is 0. The summed E-state index contributed by atoms with van der Waals surface area (Å²) in [6, 6.07) is 9.15. The van der Waals surface area contributed by atoms with Crippen LogP contribution in [0.3, 0.4) is 0 Å². The van der Waals surface area contributed by atoms with Gasteiger partial charge in [-0.05, 0) is 176 Å². The van der Waals surface area contributed by atoms with Crippen molar-refractivity contribution in [2.45, 2.75) is 346 Å². The average Bonchev–Trinajstić information content (AvgIpc) is 1.48. The number of hydrogen-bond donors (Lipinski definition) is 2. The molecule has 10 aliphatic heterocycles. The van der Waals surface area contributed by atoms with E-state index >= 15 is 0 Å². The first-order valence-electron chi connectivity index (χ1n) is 39.6. The van der Waals surface area contributed by atoms with E-state index in [-0.39, 0.29) is 57.4 Å². The minimum absolute atomic E-state index is 0. The van der Waals surface area contributed by atoms with Crippen LogP contribution >= 0.6 is 0 Å². The third-order valence-electron chi connectivity index (χ3n) is 19.6. The van der Waals surface area contributed by atoms with Crippen LogP contribution in [-0.4, -0.2) is 165 Å². The monoisotopic (exact) mass is 1540 g/mol. The van der Waals surface area contributed by atoms with Crippen molar-refractivity contribution in [3.05, 3.63) is 122 Å². The van der Waals surface area contributed by atoms with E-state index in [0.29, 0.717) is 23.9 Å². The number of fused-ring (bicyclic) bond motifs is 10. The Kier molecular flexibility index (Phi) is 83.3. The van der Waals surface area contributed by atoms with Crippen molar-refractivity contribution in [1.82, 2.24) is 24.5 Å². The number of allylic oxidation sites excluding steroid dienone is 20. The van der Waals surface area contributed by atoms with Gasteiger partial charge in [-0.3, -0.25) is 14.5 Å². The first kappa shape index (κ1) is 113. The van der Waals surface area contributed by atoms with Crippen molar-refractivity contribution < 1.29 is 83.6 Å². The number of hydrogen-bond acceptors (Lipinski definition) is 14. The first-order chi connectivity index (χ1) is 48.4.